The van der Waals surface area contributed by atoms with Crippen LogP contribution in [0.25, 0.3) is 11.1 Å². The Bertz CT molecular complexity index is 682. The van der Waals surface area contributed by atoms with Gasteiger partial charge < -0.3 is 0 Å². The maximum absolute atomic E-state index is 11.7. The number of alkyl halides is 1. The molecule has 5 heteroatoms. The average molecular weight is 382 g/mol. The molecule has 0 aliphatic heterocycles. The molecule has 0 spiro atoms. The second kappa shape index (κ2) is 6.94. The van der Waals surface area contributed by atoms with E-state index in [1.165, 1.54) is 9.87 Å². The third kappa shape index (κ3) is 3.97. The van der Waals surface area contributed by atoms with Crippen molar-refractivity contribution in [3.8, 4) is 11.1 Å². The maximum Gasteiger partial charge on any atom is 0.262 e. The zero-order valence-corrected chi connectivity index (χ0v) is 15.3. The number of hydrogen-bond acceptors (Lipinski definition) is 1. The highest BCUT2D eigenvalue weighted by Gasteiger charge is 2.26. The third-order valence-electron chi connectivity index (χ3n) is 3.26. The van der Waals surface area contributed by atoms with Crippen LogP contribution in [0, 0.1) is 0 Å². The Morgan fingerprint density at radius 2 is 1.68 bits per heavy atom. The molecule has 0 radical (unpaired) electrons. The number of nitrogens with zero attached hydrogens (tertiary/aromatic N) is 1. The van der Waals surface area contributed by atoms with Crippen LogP contribution in [0.1, 0.15) is 26.3 Å². The molecular formula is C17H20BrNO2S. The molecule has 0 amide bonds. The van der Waals surface area contributed by atoms with Gasteiger partial charge in [-0.25, -0.2) is 4.21 Å². The van der Waals surface area contributed by atoms with Gasteiger partial charge in [0.1, 0.15) is 0 Å². The molecule has 0 bridgehead atoms. The summed E-state index contributed by atoms with van der Waals surface area (Å²) in [4.78, 5) is 0. The first kappa shape index (κ1) is 17.2. The van der Waals surface area contributed by atoms with E-state index in [4.69, 9.17) is 0 Å². The molecule has 0 fully saturated rings. The molecule has 1 atom stereocenters. The van der Waals surface area contributed by atoms with Crippen LogP contribution in [0.3, 0.4) is 0 Å². The van der Waals surface area contributed by atoms with E-state index in [1.54, 1.807) is 0 Å². The van der Waals surface area contributed by atoms with Crippen molar-refractivity contribution in [2.45, 2.75) is 31.6 Å². The van der Waals surface area contributed by atoms with Gasteiger partial charge in [-0.15, -0.1) is 0 Å². The predicted octanol–water partition coefficient (Wildman–Crippen LogP) is 4.99. The van der Waals surface area contributed by atoms with Crippen LogP contribution in [0.4, 0.5) is 5.69 Å². The van der Waals surface area contributed by atoms with E-state index >= 15 is 0 Å². The van der Waals surface area contributed by atoms with Gasteiger partial charge in [0.2, 0.25) is 0 Å². The van der Waals surface area contributed by atoms with E-state index in [2.05, 4.69) is 28.1 Å². The quantitative estimate of drug-likeness (QED) is 0.598. The molecule has 1 N–H and O–H groups in total. The molecule has 0 saturated carbocycles. The van der Waals surface area contributed by atoms with Gasteiger partial charge in [0, 0.05) is 10.9 Å². The minimum absolute atomic E-state index is 0.448. The van der Waals surface area contributed by atoms with Crippen LogP contribution in [-0.4, -0.2) is 14.3 Å². The summed E-state index contributed by atoms with van der Waals surface area (Å²) in [5.41, 5.74) is 3.60. The topological polar surface area (TPSA) is 40.5 Å². The minimum Gasteiger partial charge on any atom is -0.289 e. The summed E-state index contributed by atoms with van der Waals surface area (Å²) in [6.45, 7) is 5.75. The Labute approximate surface area is 142 Å². The second-order valence-electron chi connectivity index (χ2n) is 6.08. The molecule has 3 nitrogen and oxygen atoms in total. The van der Waals surface area contributed by atoms with Gasteiger partial charge in [0.15, 0.2) is 0 Å². The number of rotatable bonds is 4. The van der Waals surface area contributed by atoms with Crippen LogP contribution in [0.2, 0.25) is 0 Å². The lowest BCUT2D eigenvalue weighted by Crippen LogP contribution is -2.42. The van der Waals surface area contributed by atoms with Crippen LogP contribution in [0.5, 0.6) is 0 Å². The number of hydrogen-bond donors (Lipinski definition) is 1. The molecule has 22 heavy (non-hydrogen) atoms. The Kier molecular flexibility index (Phi) is 5.42. The summed E-state index contributed by atoms with van der Waals surface area (Å²) in [7, 11) is 0. The van der Waals surface area contributed by atoms with Gasteiger partial charge in [0.05, 0.1) is 5.69 Å². The highest BCUT2D eigenvalue weighted by Crippen LogP contribution is 2.30. The van der Waals surface area contributed by atoms with E-state index in [0.717, 1.165) is 22.1 Å². The van der Waals surface area contributed by atoms with Crippen molar-refractivity contribution in [2.75, 3.05) is 4.31 Å². The van der Waals surface area contributed by atoms with Gasteiger partial charge in [-0.3, -0.25) is 8.86 Å². The summed E-state index contributed by atoms with van der Waals surface area (Å²) in [5.74, 6) is 0. The van der Waals surface area contributed by atoms with Gasteiger partial charge in [-0.1, -0.05) is 52.3 Å². The Balaban J connectivity index is 2.47. The molecule has 118 valence electrons. The van der Waals surface area contributed by atoms with Crippen LogP contribution < -0.4 is 4.31 Å². The fraction of sp³-hybridized carbons (Fsp3) is 0.294. The minimum atomic E-state index is -2.07. The summed E-state index contributed by atoms with van der Waals surface area (Å²) in [6, 6.07) is 16.0. The zero-order valence-electron chi connectivity index (χ0n) is 12.9. The van der Waals surface area contributed by atoms with E-state index in [9.17, 15) is 8.76 Å². The largest absolute Gasteiger partial charge is 0.289 e. The molecule has 0 aliphatic carbocycles. The first-order valence-electron chi connectivity index (χ1n) is 6.99. The molecule has 0 aromatic heterocycles. The molecule has 2 aromatic rings. The highest BCUT2D eigenvalue weighted by molar-refractivity contribution is 9.08. The van der Waals surface area contributed by atoms with Crippen molar-refractivity contribution < 1.29 is 8.76 Å². The van der Waals surface area contributed by atoms with E-state index in [-0.39, 0.29) is 0 Å². The number of halogens is 1. The van der Waals surface area contributed by atoms with Crippen molar-refractivity contribution in [1.29, 1.82) is 0 Å². The SMILES string of the molecule is CC(C)(C)N(c1cccc(-c2cccc(CBr)c2)c1)S(=O)O. The lowest BCUT2D eigenvalue weighted by molar-refractivity contribution is 0.515. The standard InChI is InChI=1S/C17H20BrNO2S/c1-17(2,3)19(22(20)21)16-9-5-8-15(11-16)14-7-4-6-13(10-14)12-18/h4-11H,12H2,1-3H3,(H,20,21). The van der Waals surface area contributed by atoms with Crippen molar-refractivity contribution >= 4 is 32.9 Å². The second-order valence-corrected chi connectivity index (χ2v) is 7.47. The van der Waals surface area contributed by atoms with Crippen LogP contribution in [-0.2, 0) is 16.6 Å². The van der Waals surface area contributed by atoms with E-state index in [0.29, 0.717) is 0 Å². The summed E-state index contributed by atoms with van der Waals surface area (Å²) >= 11 is 1.40. The monoisotopic (exact) mass is 381 g/mol. The van der Waals surface area contributed by atoms with Crippen molar-refractivity contribution in [2.24, 2.45) is 0 Å². The zero-order chi connectivity index (χ0) is 16.3. The molecule has 0 saturated heterocycles. The summed E-state index contributed by atoms with van der Waals surface area (Å²) in [6.07, 6.45) is 0. The van der Waals surface area contributed by atoms with Crippen molar-refractivity contribution in [3.05, 3.63) is 54.1 Å². The lowest BCUT2D eigenvalue weighted by atomic mass is 10.0. The fourth-order valence-electron chi connectivity index (χ4n) is 2.36. The van der Waals surface area contributed by atoms with E-state index in [1.807, 2.05) is 57.2 Å². The van der Waals surface area contributed by atoms with Crippen molar-refractivity contribution in [3.63, 3.8) is 0 Å². The molecule has 2 aromatic carbocycles. The fourth-order valence-corrected chi connectivity index (χ4v) is 3.47. The summed E-state index contributed by atoms with van der Waals surface area (Å²) < 4.78 is 22.9. The lowest BCUT2D eigenvalue weighted by Gasteiger charge is -2.33. The molecule has 0 heterocycles. The Morgan fingerprint density at radius 1 is 1.09 bits per heavy atom. The van der Waals surface area contributed by atoms with Gasteiger partial charge >= 0.3 is 0 Å². The summed E-state index contributed by atoms with van der Waals surface area (Å²) in [5, 5.41) is 0.801. The predicted molar refractivity (Wildman–Crippen MR) is 97.5 cm³/mol. The highest BCUT2D eigenvalue weighted by atomic mass is 79.9. The third-order valence-corrected chi connectivity index (χ3v) is 4.98. The average Bonchev–Trinajstić information content (AvgIpc) is 2.46. The van der Waals surface area contributed by atoms with Crippen molar-refractivity contribution in [1.82, 2.24) is 0 Å². The first-order chi connectivity index (χ1) is 10.3. The molecule has 2 rings (SSSR count). The first-order valence-corrected chi connectivity index (χ1v) is 9.18. The van der Waals surface area contributed by atoms with Gasteiger partial charge in [-0.2, -0.15) is 0 Å². The molecule has 1 unspecified atom stereocenters. The van der Waals surface area contributed by atoms with Crippen LogP contribution >= 0.6 is 15.9 Å². The molecule has 0 aliphatic rings. The van der Waals surface area contributed by atoms with Crippen LogP contribution in [0.15, 0.2) is 48.5 Å². The maximum atomic E-state index is 11.7. The van der Waals surface area contributed by atoms with E-state index < -0.39 is 16.8 Å². The Morgan fingerprint density at radius 3 is 2.23 bits per heavy atom. The number of anilines is 1. The smallest absolute Gasteiger partial charge is 0.262 e. The molecular weight excluding hydrogens is 362 g/mol. The normalized spacial score (nSPS) is 13.0. The number of benzene rings is 2. The van der Waals surface area contributed by atoms with Gasteiger partial charge in [0.25, 0.3) is 11.3 Å². The van der Waals surface area contributed by atoms with Gasteiger partial charge in [-0.05, 0) is 49.6 Å². The Hall–Kier alpha value is -1.17.